The molecule has 0 aromatic heterocycles. The molecule has 3 unspecified atom stereocenters. The lowest BCUT2D eigenvalue weighted by atomic mass is 9.91. The number of nitrogens with one attached hydrogen (secondary N) is 2. The Kier molecular flexibility index (Phi) is 4.27. The molecule has 2 heterocycles. The molecular formula is C12H22N2O3S. The largest absolute Gasteiger partial charge is 0.355 e. The van der Waals surface area contributed by atoms with Crippen molar-refractivity contribution in [1.82, 2.24) is 10.6 Å². The van der Waals surface area contributed by atoms with Crippen LogP contribution in [0, 0.1) is 11.8 Å². The maximum absolute atomic E-state index is 12.0. The Balaban J connectivity index is 1.81. The van der Waals surface area contributed by atoms with Gasteiger partial charge >= 0.3 is 0 Å². The third-order valence-electron chi connectivity index (χ3n) is 3.91. The number of rotatable bonds is 3. The minimum atomic E-state index is -2.95. The van der Waals surface area contributed by atoms with E-state index in [-0.39, 0.29) is 29.4 Å². The second-order valence-electron chi connectivity index (χ2n) is 5.57. The first kappa shape index (κ1) is 13.8. The first-order chi connectivity index (χ1) is 8.49. The Bertz CT molecular complexity index is 408. The molecule has 0 saturated carbocycles. The van der Waals surface area contributed by atoms with Crippen LogP contribution in [0.5, 0.6) is 0 Å². The number of hydrogen-bond donors (Lipinski definition) is 2. The van der Waals surface area contributed by atoms with E-state index in [4.69, 9.17) is 0 Å². The molecule has 0 aromatic rings. The normalized spacial score (nSPS) is 35.3. The molecule has 0 aromatic carbocycles. The standard InChI is InChI=1S/C12H22N2O3S/c1-9-5-10(7-13-6-9)12(15)14-8-11-3-2-4-18(11,16)17/h9-11,13H,2-8H2,1H3,(H,14,15). The number of hydrogen-bond acceptors (Lipinski definition) is 4. The third-order valence-corrected chi connectivity index (χ3v) is 6.18. The van der Waals surface area contributed by atoms with Gasteiger partial charge in [0.2, 0.25) is 5.91 Å². The van der Waals surface area contributed by atoms with Gasteiger partial charge in [-0.1, -0.05) is 6.92 Å². The van der Waals surface area contributed by atoms with Crippen LogP contribution < -0.4 is 10.6 Å². The first-order valence-electron chi connectivity index (χ1n) is 6.69. The van der Waals surface area contributed by atoms with Gasteiger partial charge in [-0.3, -0.25) is 4.79 Å². The molecule has 1 amide bonds. The molecule has 3 atom stereocenters. The summed E-state index contributed by atoms with van der Waals surface area (Å²) in [5.41, 5.74) is 0. The number of sulfone groups is 1. The predicted molar refractivity (Wildman–Crippen MR) is 70.0 cm³/mol. The summed E-state index contributed by atoms with van der Waals surface area (Å²) in [6.45, 7) is 4.06. The smallest absolute Gasteiger partial charge is 0.224 e. The van der Waals surface area contributed by atoms with Crippen LogP contribution in [0.15, 0.2) is 0 Å². The lowest BCUT2D eigenvalue weighted by Crippen LogP contribution is -2.45. The highest BCUT2D eigenvalue weighted by atomic mass is 32.2. The average Bonchev–Trinajstić information content (AvgIpc) is 2.65. The van der Waals surface area contributed by atoms with Gasteiger partial charge in [0, 0.05) is 13.1 Å². The molecule has 2 rings (SSSR count). The van der Waals surface area contributed by atoms with Gasteiger partial charge in [-0.2, -0.15) is 0 Å². The summed E-state index contributed by atoms with van der Waals surface area (Å²) >= 11 is 0. The zero-order valence-electron chi connectivity index (χ0n) is 10.8. The number of carbonyl (C=O) groups excluding carboxylic acids is 1. The SMILES string of the molecule is CC1CNCC(C(=O)NCC2CCCS2(=O)=O)C1. The molecule has 2 saturated heterocycles. The van der Waals surface area contributed by atoms with Crippen molar-refractivity contribution in [1.29, 1.82) is 0 Å². The molecule has 104 valence electrons. The number of carbonyl (C=O) groups is 1. The van der Waals surface area contributed by atoms with Gasteiger partial charge in [0.15, 0.2) is 9.84 Å². The Labute approximate surface area is 109 Å². The van der Waals surface area contributed by atoms with Gasteiger partial charge < -0.3 is 10.6 Å². The fraction of sp³-hybridized carbons (Fsp3) is 0.917. The molecular weight excluding hydrogens is 252 g/mol. The third kappa shape index (κ3) is 3.23. The topological polar surface area (TPSA) is 75.3 Å². The van der Waals surface area contributed by atoms with Crippen molar-refractivity contribution in [3.05, 3.63) is 0 Å². The Morgan fingerprint density at radius 3 is 2.78 bits per heavy atom. The first-order valence-corrected chi connectivity index (χ1v) is 8.40. The minimum Gasteiger partial charge on any atom is -0.355 e. The second kappa shape index (κ2) is 5.57. The molecule has 0 radical (unpaired) electrons. The summed E-state index contributed by atoms with van der Waals surface area (Å²) in [5, 5.41) is 5.68. The van der Waals surface area contributed by atoms with Gasteiger partial charge in [-0.05, 0) is 31.7 Å². The van der Waals surface area contributed by atoms with E-state index >= 15 is 0 Å². The van der Waals surface area contributed by atoms with Crippen molar-refractivity contribution in [2.45, 2.75) is 31.4 Å². The zero-order valence-corrected chi connectivity index (χ0v) is 11.6. The fourth-order valence-electron chi connectivity index (χ4n) is 2.80. The highest BCUT2D eigenvalue weighted by Gasteiger charge is 2.32. The van der Waals surface area contributed by atoms with E-state index in [1.165, 1.54) is 0 Å². The Morgan fingerprint density at radius 2 is 2.17 bits per heavy atom. The number of amides is 1. The van der Waals surface area contributed by atoms with Crippen molar-refractivity contribution in [2.24, 2.45) is 11.8 Å². The van der Waals surface area contributed by atoms with Crippen molar-refractivity contribution < 1.29 is 13.2 Å². The van der Waals surface area contributed by atoms with Crippen LogP contribution in [0.4, 0.5) is 0 Å². The van der Waals surface area contributed by atoms with E-state index in [1.54, 1.807) is 0 Å². The van der Waals surface area contributed by atoms with Crippen LogP contribution in [0.2, 0.25) is 0 Å². The predicted octanol–water partition coefficient (Wildman–Crippen LogP) is -0.0746. The lowest BCUT2D eigenvalue weighted by Gasteiger charge is -2.27. The van der Waals surface area contributed by atoms with Crippen LogP contribution in [-0.2, 0) is 14.6 Å². The molecule has 2 aliphatic heterocycles. The van der Waals surface area contributed by atoms with Gasteiger partial charge in [0.25, 0.3) is 0 Å². The second-order valence-corrected chi connectivity index (χ2v) is 7.97. The van der Waals surface area contributed by atoms with E-state index < -0.39 is 9.84 Å². The van der Waals surface area contributed by atoms with E-state index in [2.05, 4.69) is 17.6 Å². The van der Waals surface area contributed by atoms with Crippen LogP contribution in [0.1, 0.15) is 26.2 Å². The summed E-state index contributed by atoms with van der Waals surface area (Å²) < 4.78 is 23.3. The Morgan fingerprint density at radius 1 is 1.39 bits per heavy atom. The quantitative estimate of drug-likeness (QED) is 0.755. The number of piperidine rings is 1. The van der Waals surface area contributed by atoms with Gasteiger partial charge in [-0.25, -0.2) is 8.42 Å². The van der Waals surface area contributed by atoms with Gasteiger partial charge in [0.1, 0.15) is 0 Å². The van der Waals surface area contributed by atoms with Gasteiger partial charge in [0.05, 0.1) is 16.9 Å². The lowest BCUT2D eigenvalue weighted by molar-refractivity contribution is -0.125. The van der Waals surface area contributed by atoms with E-state index in [0.29, 0.717) is 18.9 Å². The molecule has 2 N–H and O–H groups in total. The van der Waals surface area contributed by atoms with Crippen LogP contribution >= 0.6 is 0 Å². The van der Waals surface area contributed by atoms with E-state index in [1.807, 2.05) is 0 Å². The monoisotopic (exact) mass is 274 g/mol. The van der Waals surface area contributed by atoms with Crippen molar-refractivity contribution in [3.63, 3.8) is 0 Å². The van der Waals surface area contributed by atoms with Crippen molar-refractivity contribution in [2.75, 3.05) is 25.4 Å². The summed E-state index contributed by atoms with van der Waals surface area (Å²) in [7, 11) is -2.95. The molecule has 0 aliphatic carbocycles. The summed E-state index contributed by atoms with van der Waals surface area (Å²) in [5.74, 6) is 0.758. The Hall–Kier alpha value is -0.620. The van der Waals surface area contributed by atoms with E-state index in [0.717, 1.165) is 19.4 Å². The van der Waals surface area contributed by atoms with Crippen molar-refractivity contribution >= 4 is 15.7 Å². The average molecular weight is 274 g/mol. The zero-order chi connectivity index (χ0) is 13.2. The maximum Gasteiger partial charge on any atom is 0.224 e. The van der Waals surface area contributed by atoms with Crippen LogP contribution in [0.25, 0.3) is 0 Å². The van der Waals surface area contributed by atoms with Gasteiger partial charge in [-0.15, -0.1) is 0 Å². The van der Waals surface area contributed by atoms with E-state index in [9.17, 15) is 13.2 Å². The highest BCUT2D eigenvalue weighted by molar-refractivity contribution is 7.92. The minimum absolute atomic E-state index is 0.00356. The molecule has 2 aliphatic rings. The maximum atomic E-state index is 12.0. The van der Waals surface area contributed by atoms with Crippen LogP contribution in [-0.4, -0.2) is 45.0 Å². The summed E-state index contributed by atoms with van der Waals surface area (Å²) in [6.07, 6.45) is 2.29. The molecule has 18 heavy (non-hydrogen) atoms. The fourth-order valence-corrected chi connectivity index (χ4v) is 4.57. The van der Waals surface area contributed by atoms with Crippen molar-refractivity contribution in [3.8, 4) is 0 Å². The molecule has 2 fully saturated rings. The molecule has 0 bridgehead atoms. The summed E-state index contributed by atoms with van der Waals surface area (Å²) in [6, 6.07) is 0. The summed E-state index contributed by atoms with van der Waals surface area (Å²) in [4.78, 5) is 12.0. The molecule has 0 spiro atoms. The molecule has 6 heteroatoms. The van der Waals surface area contributed by atoms with Crippen LogP contribution in [0.3, 0.4) is 0 Å². The molecule has 5 nitrogen and oxygen atoms in total. The highest BCUT2D eigenvalue weighted by Crippen LogP contribution is 2.20.